The van der Waals surface area contributed by atoms with Crippen LogP contribution in [0.25, 0.3) is 0 Å². The second-order valence-corrected chi connectivity index (χ2v) is 5.20. The fourth-order valence-electron chi connectivity index (χ4n) is 1.76. The van der Waals surface area contributed by atoms with Crippen LogP contribution in [0.2, 0.25) is 0 Å². The van der Waals surface area contributed by atoms with Crippen molar-refractivity contribution in [1.29, 1.82) is 0 Å². The standard InChI is InChI=1S/C17H19N3OS/c1-13-6-8-14(9-7-13)12-21-16-5-3-4-15(10-16)11-19-20-17(22)18-2/h3-11H,12H2,1-2H3,(H2,18,20,22). The first kappa shape index (κ1) is 16.0. The minimum absolute atomic E-state index is 0.475. The van der Waals surface area contributed by atoms with Crippen molar-refractivity contribution in [2.75, 3.05) is 7.05 Å². The van der Waals surface area contributed by atoms with Crippen molar-refractivity contribution < 1.29 is 4.74 Å². The number of rotatable bonds is 5. The summed E-state index contributed by atoms with van der Waals surface area (Å²) in [5.41, 5.74) is 6.04. The lowest BCUT2D eigenvalue weighted by Gasteiger charge is -2.07. The van der Waals surface area contributed by atoms with Crippen molar-refractivity contribution in [3.63, 3.8) is 0 Å². The van der Waals surface area contributed by atoms with E-state index in [9.17, 15) is 0 Å². The van der Waals surface area contributed by atoms with Gasteiger partial charge in [-0.15, -0.1) is 0 Å². The van der Waals surface area contributed by atoms with Crippen LogP contribution in [0.4, 0.5) is 0 Å². The molecule has 0 amide bonds. The Labute approximate surface area is 136 Å². The van der Waals surface area contributed by atoms with Gasteiger partial charge in [-0.25, -0.2) is 0 Å². The Kier molecular flexibility index (Phi) is 5.91. The van der Waals surface area contributed by atoms with E-state index < -0.39 is 0 Å². The van der Waals surface area contributed by atoms with E-state index in [-0.39, 0.29) is 0 Å². The van der Waals surface area contributed by atoms with Gasteiger partial charge in [0.05, 0.1) is 6.21 Å². The average Bonchev–Trinajstić information content (AvgIpc) is 2.54. The monoisotopic (exact) mass is 313 g/mol. The number of ether oxygens (including phenoxy) is 1. The molecule has 4 nitrogen and oxygen atoms in total. The molecule has 2 aromatic carbocycles. The molecule has 0 fully saturated rings. The molecule has 0 aliphatic rings. The molecule has 0 bridgehead atoms. The van der Waals surface area contributed by atoms with Crippen molar-refractivity contribution in [2.45, 2.75) is 13.5 Å². The third-order valence-electron chi connectivity index (χ3n) is 2.99. The first-order valence-electron chi connectivity index (χ1n) is 6.96. The summed E-state index contributed by atoms with van der Waals surface area (Å²) >= 11 is 4.94. The second kappa shape index (κ2) is 8.14. The van der Waals surface area contributed by atoms with Crippen LogP contribution in [0.15, 0.2) is 53.6 Å². The summed E-state index contributed by atoms with van der Waals surface area (Å²) < 4.78 is 5.80. The molecule has 22 heavy (non-hydrogen) atoms. The van der Waals surface area contributed by atoms with Crippen molar-refractivity contribution in [1.82, 2.24) is 10.7 Å². The number of benzene rings is 2. The number of nitrogens with one attached hydrogen (secondary N) is 2. The van der Waals surface area contributed by atoms with E-state index >= 15 is 0 Å². The summed E-state index contributed by atoms with van der Waals surface area (Å²) in [6, 6.07) is 16.1. The predicted octanol–water partition coefficient (Wildman–Crippen LogP) is 3.00. The molecule has 0 atom stereocenters. The zero-order valence-corrected chi connectivity index (χ0v) is 13.5. The molecule has 2 aromatic rings. The number of thiocarbonyl (C=S) groups is 1. The maximum absolute atomic E-state index is 5.80. The van der Waals surface area contributed by atoms with E-state index in [1.807, 2.05) is 24.3 Å². The van der Waals surface area contributed by atoms with Crippen LogP contribution < -0.4 is 15.5 Å². The highest BCUT2D eigenvalue weighted by molar-refractivity contribution is 7.80. The molecule has 0 aliphatic heterocycles. The summed E-state index contributed by atoms with van der Waals surface area (Å²) in [6.07, 6.45) is 1.70. The molecule has 0 saturated carbocycles. The normalized spacial score (nSPS) is 10.5. The fraction of sp³-hybridized carbons (Fsp3) is 0.176. The third-order valence-corrected chi connectivity index (χ3v) is 3.29. The lowest BCUT2D eigenvalue weighted by molar-refractivity contribution is 0.306. The van der Waals surface area contributed by atoms with Crippen molar-refractivity contribution in [3.05, 3.63) is 65.2 Å². The molecule has 0 radical (unpaired) electrons. The molecular formula is C17H19N3OS. The Morgan fingerprint density at radius 1 is 1.23 bits per heavy atom. The first-order chi connectivity index (χ1) is 10.7. The van der Waals surface area contributed by atoms with Gasteiger partial charge in [0, 0.05) is 7.05 Å². The van der Waals surface area contributed by atoms with E-state index in [2.05, 4.69) is 47.0 Å². The van der Waals surface area contributed by atoms with E-state index in [0.717, 1.165) is 16.9 Å². The Hall–Kier alpha value is -2.40. The van der Waals surface area contributed by atoms with Gasteiger partial charge in [-0.2, -0.15) is 5.10 Å². The van der Waals surface area contributed by atoms with Crippen molar-refractivity contribution in [2.24, 2.45) is 5.10 Å². The van der Waals surface area contributed by atoms with E-state index in [4.69, 9.17) is 17.0 Å². The Morgan fingerprint density at radius 2 is 2.00 bits per heavy atom. The lowest BCUT2D eigenvalue weighted by atomic mass is 10.2. The van der Waals surface area contributed by atoms with E-state index in [1.54, 1.807) is 13.3 Å². The van der Waals surface area contributed by atoms with E-state index in [0.29, 0.717) is 11.7 Å². The van der Waals surface area contributed by atoms with Crippen LogP contribution >= 0.6 is 12.2 Å². The first-order valence-corrected chi connectivity index (χ1v) is 7.37. The number of hydrogen-bond donors (Lipinski definition) is 2. The molecule has 0 saturated heterocycles. The molecule has 0 aromatic heterocycles. The third kappa shape index (κ3) is 5.18. The molecule has 0 spiro atoms. The van der Waals surface area contributed by atoms with Gasteiger partial charge in [0.2, 0.25) is 0 Å². The lowest BCUT2D eigenvalue weighted by Crippen LogP contribution is -2.28. The second-order valence-electron chi connectivity index (χ2n) is 4.80. The topological polar surface area (TPSA) is 45.7 Å². The van der Waals surface area contributed by atoms with Gasteiger partial charge in [0.25, 0.3) is 0 Å². The van der Waals surface area contributed by atoms with Crippen molar-refractivity contribution >= 4 is 23.5 Å². The highest BCUT2D eigenvalue weighted by Crippen LogP contribution is 2.14. The van der Waals surface area contributed by atoms with Gasteiger partial charge >= 0.3 is 0 Å². The minimum Gasteiger partial charge on any atom is -0.489 e. The molecule has 0 aliphatic carbocycles. The summed E-state index contributed by atoms with van der Waals surface area (Å²) in [5, 5.41) is 7.31. The van der Waals surface area contributed by atoms with Gasteiger partial charge < -0.3 is 10.1 Å². The summed E-state index contributed by atoms with van der Waals surface area (Å²) in [4.78, 5) is 0. The number of nitrogens with zero attached hydrogens (tertiary/aromatic N) is 1. The van der Waals surface area contributed by atoms with Crippen LogP contribution in [0.5, 0.6) is 5.75 Å². The summed E-state index contributed by atoms with van der Waals surface area (Å²) in [6.45, 7) is 2.62. The number of aryl methyl sites for hydroxylation is 1. The maximum Gasteiger partial charge on any atom is 0.186 e. The van der Waals surface area contributed by atoms with Crippen molar-refractivity contribution in [3.8, 4) is 5.75 Å². The van der Waals surface area contributed by atoms with Crippen LogP contribution in [0.1, 0.15) is 16.7 Å². The zero-order chi connectivity index (χ0) is 15.8. The van der Waals surface area contributed by atoms with Crippen LogP contribution in [-0.4, -0.2) is 18.4 Å². The molecule has 114 valence electrons. The van der Waals surface area contributed by atoms with Gasteiger partial charge in [-0.05, 0) is 42.4 Å². The Balaban J connectivity index is 1.93. The molecule has 0 unspecified atom stereocenters. The largest absolute Gasteiger partial charge is 0.489 e. The minimum atomic E-state index is 0.475. The Morgan fingerprint density at radius 3 is 2.73 bits per heavy atom. The van der Waals surface area contributed by atoms with Crippen LogP contribution in [0, 0.1) is 6.92 Å². The highest BCUT2D eigenvalue weighted by Gasteiger charge is 1.97. The van der Waals surface area contributed by atoms with Gasteiger partial charge in [-0.1, -0.05) is 42.0 Å². The van der Waals surface area contributed by atoms with Crippen LogP contribution in [-0.2, 0) is 6.61 Å². The molecule has 5 heteroatoms. The quantitative estimate of drug-likeness (QED) is 0.506. The summed E-state index contributed by atoms with van der Waals surface area (Å²) in [7, 11) is 1.74. The number of hydrogen-bond acceptors (Lipinski definition) is 3. The highest BCUT2D eigenvalue weighted by atomic mass is 32.1. The van der Waals surface area contributed by atoms with Gasteiger partial charge in [-0.3, -0.25) is 5.43 Å². The van der Waals surface area contributed by atoms with Crippen LogP contribution in [0.3, 0.4) is 0 Å². The SMILES string of the molecule is CNC(=S)NN=Cc1cccc(OCc2ccc(C)cc2)c1. The maximum atomic E-state index is 5.80. The number of hydrazone groups is 1. The summed E-state index contributed by atoms with van der Waals surface area (Å²) in [5.74, 6) is 0.806. The fourth-order valence-corrected chi connectivity index (χ4v) is 1.81. The smallest absolute Gasteiger partial charge is 0.186 e. The van der Waals surface area contributed by atoms with Gasteiger partial charge in [0.1, 0.15) is 12.4 Å². The Bertz CT molecular complexity index is 653. The molecule has 0 heterocycles. The zero-order valence-electron chi connectivity index (χ0n) is 12.7. The predicted molar refractivity (Wildman–Crippen MR) is 94.3 cm³/mol. The molecule has 2 rings (SSSR count). The average molecular weight is 313 g/mol. The van der Waals surface area contributed by atoms with E-state index in [1.165, 1.54) is 5.56 Å². The molecular weight excluding hydrogens is 294 g/mol. The van der Waals surface area contributed by atoms with Gasteiger partial charge in [0.15, 0.2) is 5.11 Å². The molecule has 2 N–H and O–H groups in total.